The molecule has 2 atom stereocenters. The first-order valence-corrected chi connectivity index (χ1v) is 16.3. The second kappa shape index (κ2) is 22.3. The summed E-state index contributed by atoms with van der Waals surface area (Å²) in [6.45, 7) is 20.5. The third kappa shape index (κ3) is 19.3. The summed E-state index contributed by atoms with van der Waals surface area (Å²) in [5.41, 5.74) is 8.76. The Morgan fingerprint density at radius 3 is 2.13 bits per heavy atom. The average molecular weight is 544 g/mol. The summed E-state index contributed by atoms with van der Waals surface area (Å²) in [4.78, 5) is 0. The molecule has 2 heteroatoms. The van der Waals surface area contributed by atoms with Crippen molar-refractivity contribution in [1.29, 1.82) is 0 Å². The largest absolute Gasteiger partial charge is 0.330 e. The highest BCUT2D eigenvalue weighted by molar-refractivity contribution is 5.26. The third-order valence-corrected chi connectivity index (χ3v) is 8.44. The number of benzene rings is 1. The molecule has 1 aliphatic rings. The van der Waals surface area contributed by atoms with Crippen LogP contribution in [0.5, 0.6) is 0 Å². The standard InChI is InChI=1S/C23H33F.C9H21N.C5H12/c1-4-23(24)16-13-18(2)19(3)17-22(15-14-20-9-8-10-20)21-11-6-5-7-12-21;1-4-5-6-7-9(2,3)8-10;1-4-5(2)3/h5-7,11-12,16-18,20,22H,4,8-10,13-15H2,1-3H3;4-8,10H2,1-3H3;5H,4H2,1-3H3/b19-17+,23-16+;;. The highest BCUT2D eigenvalue weighted by Crippen LogP contribution is 2.35. The van der Waals surface area contributed by atoms with Gasteiger partial charge in [-0.05, 0) is 74.3 Å². The van der Waals surface area contributed by atoms with Crippen molar-refractivity contribution in [2.45, 2.75) is 145 Å². The molecule has 2 N–H and O–H groups in total. The maximum atomic E-state index is 13.4. The van der Waals surface area contributed by atoms with Gasteiger partial charge in [-0.15, -0.1) is 0 Å². The molecule has 0 saturated heterocycles. The maximum absolute atomic E-state index is 13.4. The first-order chi connectivity index (χ1) is 18.5. The van der Waals surface area contributed by atoms with Gasteiger partial charge in [-0.25, -0.2) is 4.39 Å². The molecule has 0 aromatic heterocycles. The minimum Gasteiger partial charge on any atom is -0.330 e. The molecule has 0 spiro atoms. The Kier molecular flexibility index (Phi) is 21.5. The molecule has 0 bridgehead atoms. The third-order valence-electron chi connectivity index (χ3n) is 8.44. The van der Waals surface area contributed by atoms with Crippen molar-refractivity contribution in [3.05, 3.63) is 59.4 Å². The molecule has 1 aromatic rings. The Morgan fingerprint density at radius 2 is 1.67 bits per heavy atom. The van der Waals surface area contributed by atoms with Gasteiger partial charge in [0.25, 0.3) is 0 Å². The number of hydrogen-bond acceptors (Lipinski definition) is 1. The number of allylic oxidation sites excluding steroid dienone is 4. The van der Waals surface area contributed by atoms with E-state index in [-0.39, 0.29) is 5.83 Å². The average Bonchev–Trinajstić information content (AvgIpc) is 2.91. The molecule has 1 fully saturated rings. The second-order valence-corrected chi connectivity index (χ2v) is 13.1. The monoisotopic (exact) mass is 544 g/mol. The van der Waals surface area contributed by atoms with E-state index in [1.807, 2.05) is 6.92 Å². The van der Waals surface area contributed by atoms with Gasteiger partial charge in [0.2, 0.25) is 0 Å². The first kappa shape index (κ1) is 37.6. The van der Waals surface area contributed by atoms with Crippen LogP contribution in [0.15, 0.2) is 53.9 Å². The minimum atomic E-state index is 0.0132. The fourth-order valence-corrected chi connectivity index (χ4v) is 4.32. The van der Waals surface area contributed by atoms with Gasteiger partial charge in [0, 0.05) is 5.92 Å². The van der Waals surface area contributed by atoms with E-state index in [4.69, 9.17) is 5.73 Å². The first-order valence-electron chi connectivity index (χ1n) is 16.3. The Labute approximate surface area is 244 Å². The summed E-state index contributed by atoms with van der Waals surface area (Å²) in [5.74, 6) is 2.74. The van der Waals surface area contributed by atoms with Crippen LogP contribution in [0.4, 0.5) is 4.39 Å². The molecular formula is C37H66FN. The van der Waals surface area contributed by atoms with Crippen LogP contribution in [0, 0.1) is 23.2 Å². The molecule has 2 rings (SSSR count). The lowest BCUT2D eigenvalue weighted by molar-refractivity contribution is 0.286. The molecule has 0 amide bonds. The molecule has 226 valence electrons. The zero-order valence-corrected chi connectivity index (χ0v) is 27.5. The van der Waals surface area contributed by atoms with Crippen LogP contribution in [0.3, 0.4) is 0 Å². The van der Waals surface area contributed by atoms with E-state index >= 15 is 0 Å². The highest BCUT2D eigenvalue weighted by atomic mass is 19.1. The van der Waals surface area contributed by atoms with Crippen molar-refractivity contribution in [3.8, 4) is 0 Å². The van der Waals surface area contributed by atoms with Crippen LogP contribution >= 0.6 is 0 Å². The van der Waals surface area contributed by atoms with Gasteiger partial charge in [0.1, 0.15) is 0 Å². The van der Waals surface area contributed by atoms with Crippen molar-refractivity contribution in [1.82, 2.24) is 0 Å². The van der Waals surface area contributed by atoms with Gasteiger partial charge in [-0.3, -0.25) is 0 Å². The van der Waals surface area contributed by atoms with E-state index in [0.29, 0.717) is 23.7 Å². The summed E-state index contributed by atoms with van der Waals surface area (Å²) in [6, 6.07) is 10.9. The number of rotatable bonds is 15. The van der Waals surface area contributed by atoms with Crippen molar-refractivity contribution in [2.24, 2.45) is 28.9 Å². The molecule has 1 saturated carbocycles. The topological polar surface area (TPSA) is 26.0 Å². The van der Waals surface area contributed by atoms with Gasteiger partial charge < -0.3 is 5.73 Å². The van der Waals surface area contributed by atoms with Crippen molar-refractivity contribution >= 4 is 0 Å². The highest BCUT2D eigenvalue weighted by Gasteiger charge is 2.20. The van der Waals surface area contributed by atoms with Crippen LogP contribution in [0.2, 0.25) is 0 Å². The summed E-state index contributed by atoms with van der Waals surface area (Å²) < 4.78 is 13.4. The van der Waals surface area contributed by atoms with E-state index < -0.39 is 0 Å². The quantitative estimate of drug-likeness (QED) is 0.173. The Morgan fingerprint density at radius 1 is 1.05 bits per heavy atom. The summed E-state index contributed by atoms with van der Waals surface area (Å²) in [7, 11) is 0. The molecule has 1 nitrogen and oxygen atoms in total. The van der Waals surface area contributed by atoms with Crippen molar-refractivity contribution < 1.29 is 4.39 Å². The lowest BCUT2D eigenvalue weighted by Gasteiger charge is -2.27. The van der Waals surface area contributed by atoms with E-state index in [1.54, 1.807) is 6.08 Å². The van der Waals surface area contributed by atoms with E-state index in [9.17, 15) is 4.39 Å². The number of unbranched alkanes of at least 4 members (excludes halogenated alkanes) is 2. The SMILES string of the molecule is CC/C(F)=C\CC(C)/C(C)=C/C(CCC1CCC1)c1ccccc1.CCC(C)C.CCCCCC(C)(C)CN. The summed E-state index contributed by atoms with van der Waals surface area (Å²) in [6.07, 6.45) is 18.9. The molecular weight excluding hydrogens is 477 g/mol. The van der Waals surface area contributed by atoms with Crippen LogP contribution in [0.25, 0.3) is 0 Å². The van der Waals surface area contributed by atoms with E-state index in [2.05, 4.69) is 91.8 Å². The Bertz CT molecular complexity index is 757. The fourth-order valence-electron chi connectivity index (χ4n) is 4.32. The molecule has 1 aliphatic carbocycles. The second-order valence-electron chi connectivity index (χ2n) is 13.1. The lowest BCUT2D eigenvalue weighted by Crippen LogP contribution is -2.23. The minimum absolute atomic E-state index is 0.0132. The van der Waals surface area contributed by atoms with Crippen molar-refractivity contribution in [3.63, 3.8) is 0 Å². The lowest BCUT2D eigenvalue weighted by atomic mass is 9.79. The molecule has 1 aromatic carbocycles. The smallest absolute Gasteiger partial charge is 0.0957 e. The number of hydrogen-bond donors (Lipinski definition) is 1. The fraction of sp³-hybridized carbons (Fsp3) is 0.730. The number of halogens is 1. The summed E-state index contributed by atoms with van der Waals surface area (Å²) >= 11 is 0. The summed E-state index contributed by atoms with van der Waals surface area (Å²) in [5, 5.41) is 0. The normalized spacial score (nSPS) is 16.0. The van der Waals surface area contributed by atoms with Gasteiger partial charge in [-0.1, -0.05) is 148 Å². The maximum Gasteiger partial charge on any atom is 0.0957 e. The van der Waals surface area contributed by atoms with Crippen LogP contribution in [-0.2, 0) is 0 Å². The zero-order chi connectivity index (χ0) is 29.7. The van der Waals surface area contributed by atoms with Gasteiger partial charge in [0.15, 0.2) is 0 Å². The number of nitrogens with two attached hydrogens (primary N) is 1. The van der Waals surface area contributed by atoms with Crippen LogP contribution in [-0.4, -0.2) is 6.54 Å². The Balaban J connectivity index is 0.000000796. The zero-order valence-electron chi connectivity index (χ0n) is 27.5. The predicted molar refractivity (Wildman–Crippen MR) is 175 cm³/mol. The predicted octanol–water partition coefficient (Wildman–Crippen LogP) is 12.2. The molecule has 0 heterocycles. The van der Waals surface area contributed by atoms with E-state index in [0.717, 1.165) is 24.8 Å². The van der Waals surface area contributed by atoms with Crippen molar-refractivity contribution in [2.75, 3.05) is 6.54 Å². The Hall–Kier alpha value is -1.41. The molecule has 0 aliphatic heterocycles. The van der Waals surface area contributed by atoms with Gasteiger partial charge >= 0.3 is 0 Å². The van der Waals surface area contributed by atoms with Gasteiger partial charge in [-0.2, -0.15) is 0 Å². The van der Waals surface area contributed by atoms with Crippen LogP contribution < -0.4 is 5.73 Å². The van der Waals surface area contributed by atoms with E-state index in [1.165, 1.54) is 75.3 Å². The molecule has 39 heavy (non-hydrogen) atoms. The van der Waals surface area contributed by atoms with Gasteiger partial charge in [0.05, 0.1) is 5.83 Å². The van der Waals surface area contributed by atoms with Crippen LogP contribution in [0.1, 0.15) is 151 Å². The molecule has 0 radical (unpaired) electrons. The molecule has 2 unspecified atom stereocenters.